The minimum absolute atomic E-state index is 0.304. The van der Waals surface area contributed by atoms with E-state index in [0.717, 1.165) is 56.6 Å². The van der Waals surface area contributed by atoms with Crippen LogP contribution in [-0.2, 0) is 4.79 Å². The SMILES string of the molecule is CC1CCN(C(=O)CN2CCCC(COc3nccs3)C2)CC1. The predicted octanol–water partition coefficient (Wildman–Crippen LogP) is 2.49. The molecule has 1 aromatic rings. The fourth-order valence-corrected chi connectivity index (χ4v) is 3.95. The fourth-order valence-electron chi connectivity index (χ4n) is 3.45. The molecule has 3 rings (SSSR count). The van der Waals surface area contributed by atoms with Crippen LogP contribution in [0.5, 0.6) is 5.19 Å². The van der Waals surface area contributed by atoms with Gasteiger partial charge in [0.2, 0.25) is 5.91 Å². The lowest BCUT2D eigenvalue weighted by Crippen LogP contribution is -2.47. The number of thiazole rings is 1. The molecule has 1 aromatic heterocycles. The standard InChI is InChI=1S/C17H27N3O2S/c1-14-4-8-20(9-5-14)16(21)12-19-7-2-3-15(11-19)13-22-17-18-6-10-23-17/h6,10,14-15H,2-5,7-9,11-13H2,1H3. The minimum Gasteiger partial charge on any atom is -0.470 e. The number of hydrogen-bond acceptors (Lipinski definition) is 5. The van der Waals surface area contributed by atoms with Gasteiger partial charge in [-0.25, -0.2) is 4.98 Å². The third-order valence-corrected chi connectivity index (χ3v) is 5.63. The number of likely N-dealkylation sites (tertiary alicyclic amines) is 2. The Balaban J connectivity index is 1.42. The zero-order chi connectivity index (χ0) is 16.1. The molecule has 0 radical (unpaired) electrons. The monoisotopic (exact) mass is 337 g/mol. The molecule has 0 spiro atoms. The molecule has 6 heteroatoms. The summed E-state index contributed by atoms with van der Waals surface area (Å²) in [5.74, 6) is 1.57. The van der Waals surface area contributed by atoms with Crippen LogP contribution in [0.4, 0.5) is 0 Å². The van der Waals surface area contributed by atoms with Crippen molar-refractivity contribution in [3.05, 3.63) is 11.6 Å². The summed E-state index contributed by atoms with van der Waals surface area (Å²) < 4.78 is 5.75. The summed E-state index contributed by atoms with van der Waals surface area (Å²) >= 11 is 1.53. The van der Waals surface area contributed by atoms with Gasteiger partial charge < -0.3 is 9.64 Å². The third kappa shape index (κ3) is 4.91. The number of carbonyl (C=O) groups is 1. The maximum Gasteiger partial charge on any atom is 0.273 e. The second kappa shape index (κ2) is 8.11. The molecule has 128 valence electrons. The number of carbonyl (C=O) groups excluding carboxylic acids is 1. The molecule has 2 saturated heterocycles. The van der Waals surface area contributed by atoms with Gasteiger partial charge in [-0.3, -0.25) is 9.69 Å². The van der Waals surface area contributed by atoms with Crippen LogP contribution in [0.2, 0.25) is 0 Å². The van der Waals surface area contributed by atoms with Crippen LogP contribution in [0.15, 0.2) is 11.6 Å². The van der Waals surface area contributed by atoms with E-state index in [1.807, 2.05) is 5.38 Å². The molecule has 2 aliphatic heterocycles. The molecule has 3 heterocycles. The molecule has 1 unspecified atom stereocenters. The van der Waals surface area contributed by atoms with Crippen molar-refractivity contribution in [3.63, 3.8) is 0 Å². The second-order valence-electron chi connectivity index (χ2n) is 6.92. The topological polar surface area (TPSA) is 45.7 Å². The first-order valence-electron chi connectivity index (χ1n) is 8.73. The van der Waals surface area contributed by atoms with Gasteiger partial charge in [0.1, 0.15) is 0 Å². The van der Waals surface area contributed by atoms with Gasteiger partial charge in [-0.15, -0.1) is 0 Å². The highest BCUT2D eigenvalue weighted by Crippen LogP contribution is 2.21. The Kier molecular flexibility index (Phi) is 5.89. The molecule has 5 nitrogen and oxygen atoms in total. The van der Waals surface area contributed by atoms with Gasteiger partial charge in [-0.1, -0.05) is 18.3 Å². The first-order chi connectivity index (χ1) is 11.2. The number of rotatable bonds is 5. The van der Waals surface area contributed by atoms with Crippen molar-refractivity contribution in [2.45, 2.75) is 32.6 Å². The molecule has 0 N–H and O–H groups in total. The lowest BCUT2D eigenvalue weighted by molar-refractivity contribution is -0.134. The van der Waals surface area contributed by atoms with Crippen LogP contribution in [0.3, 0.4) is 0 Å². The molecule has 23 heavy (non-hydrogen) atoms. The lowest BCUT2D eigenvalue weighted by Gasteiger charge is -2.35. The highest BCUT2D eigenvalue weighted by Gasteiger charge is 2.26. The van der Waals surface area contributed by atoms with E-state index in [0.29, 0.717) is 25.0 Å². The van der Waals surface area contributed by atoms with Crippen LogP contribution in [0.1, 0.15) is 32.6 Å². The summed E-state index contributed by atoms with van der Waals surface area (Å²) in [7, 11) is 0. The van der Waals surface area contributed by atoms with Gasteiger partial charge in [0.15, 0.2) is 0 Å². The maximum absolute atomic E-state index is 12.5. The van der Waals surface area contributed by atoms with Crippen LogP contribution in [0, 0.1) is 11.8 Å². The Morgan fingerprint density at radius 3 is 2.91 bits per heavy atom. The van der Waals surface area contributed by atoms with Crippen molar-refractivity contribution in [3.8, 4) is 5.19 Å². The molecule has 1 amide bonds. The Labute approximate surface area is 142 Å². The number of ether oxygens (including phenoxy) is 1. The van der Waals surface area contributed by atoms with Crippen molar-refractivity contribution < 1.29 is 9.53 Å². The van der Waals surface area contributed by atoms with Crippen LogP contribution in [0.25, 0.3) is 0 Å². The Bertz CT molecular complexity index is 486. The molecular weight excluding hydrogens is 310 g/mol. The van der Waals surface area contributed by atoms with E-state index in [-0.39, 0.29) is 0 Å². The van der Waals surface area contributed by atoms with E-state index in [1.54, 1.807) is 6.20 Å². The van der Waals surface area contributed by atoms with Crippen LogP contribution < -0.4 is 4.74 Å². The quantitative estimate of drug-likeness (QED) is 0.828. The van der Waals surface area contributed by atoms with Gasteiger partial charge in [0.05, 0.1) is 13.2 Å². The van der Waals surface area contributed by atoms with E-state index in [2.05, 4.69) is 21.7 Å². The Morgan fingerprint density at radius 1 is 1.35 bits per heavy atom. The maximum atomic E-state index is 12.5. The summed E-state index contributed by atoms with van der Waals surface area (Å²) in [6, 6.07) is 0. The smallest absolute Gasteiger partial charge is 0.273 e. The van der Waals surface area contributed by atoms with E-state index < -0.39 is 0 Å². The largest absolute Gasteiger partial charge is 0.470 e. The van der Waals surface area contributed by atoms with Gasteiger partial charge in [0, 0.05) is 37.1 Å². The van der Waals surface area contributed by atoms with Crippen molar-refractivity contribution in [1.29, 1.82) is 0 Å². The second-order valence-corrected chi connectivity index (χ2v) is 7.77. The molecule has 0 saturated carbocycles. The van der Waals surface area contributed by atoms with Crippen molar-refractivity contribution >= 4 is 17.2 Å². The third-order valence-electron chi connectivity index (χ3n) is 4.95. The number of aromatic nitrogens is 1. The Hall–Kier alpha value is -1.14. The van der Waals surface area contributed by atoms with Crippen molar-refractivity contribution in [1.82, 2.24) is 14.8 Å². The molecule has 0 aromatic carbocycles. The number of amides is 1. The normalized spacial score (nSPS) is 23.9. The van der Waals surface area contributed by atoms with E-state index in [4.69, 9.17) is 4.74 Å². The predicted molar refractivity (Wildman–Crippen MR) is 91.8 cm³/mol. The van der Waals surface area contributed by atoms with Crippen molar-refractivity contribution in [2.24, 2.45) is 11.8 Å². The highest BCUT2D eigenvalue weighted by atomic mass is 32.1. The highest BCUT2D eigenvalue weighted by molar-refractivity contribution is 7.11. The van der Waals surface area contributed by atoms with Gasteiger partial charge in [-0.2, -0.15) is 0 Å². The van der Waals surface area contributed by atoms with Crippen LogP contribution >= 0.6 is 11.3 Å². The molecular formula is C17H27N3O2S. The zero-order valence-electron chi connectivity index (χ0n) is 13.9. The fraction of sp³-hybridized carbons (Fsp3) is 0.765. The van der Waals surface area contributed by atoms with E-state index in [9.17, 15) is 4.79 Å². The van der Waals surface area contributed by atoms with Gasteiger partial charge >= 0.3 is 0 Å². The van der Waals surface area contributed by atoms with E-state index in [1.165, 1.54) is 17.8 Å². The first kappa shape index (κ1) is 16.7. The number of hydrogen-bond donors (Lipinski definition) is 0. The summed E-state index contributed by atoms with van der Waals surface area (Å²) in [5.41, 5.74) is 0. The minimum atomic E-state index is 0.304. The summed E-state index contributed by atoms with van der Waals surface area (Å²) in [6.45, 7) is 7.42. The average Bonchev–Trinajstić information content (AvgIpc) is 3.07. The van der Waals surface area contributed by atoms with Gasteiger partial charge in [0.25, 0.3) is 5.19 Å². The van der Waals surface area contributed by atoms with Crippen LogP contribution in [-0.4, -0.2) is 60.0 Å². The summed E-state index contributed by atoms with van der Waals surface area (Å²) in [4.78, 5) is 21.0. The summed E-state index contributed by atoms with van der Waals surface area (Å²) in [6.07, 6.45) is 6.39. The first-order valence-corrected chi connectivity index (χ1v) is 9.61. The summed E-state index contributed by atoms with van der Waals surface area (Å²) in [5, 5.41) is 2.68. The number of nitrogens with zero attached hydrogens (tertiary/aromatic N) is 3. The molecule has 0 bridgehead atoms. The zero-order valence-corrected chi connectivity index (χ0v) is 14.8. The molecule has 2 fully saturated rings. The van der Waals surface area contributed by atoms with Gasteiger partial charge in [-0.05, 0) is 38.1 Å². The lowest BCUT2D eigenvalue weighted by atomic mass is 9.98. The Morgan fingerprint density at radius 2 is 2.17 bits per heavy atom. The molecule has 1 atom stereocenters. The number of piperidine rings is 2. The molecule has 2 aliphatic rings. The average molecular weight is 337 g/mol. The molecule has 0 aliphatic carbocycles. The van der Waals surface area contributed by atoms with E-state index >= 15 is 0 Å². The van der Waals surface area contributed by atoms with Crippen molar-refractivity contribution in [2.75, 3.05) is 39.3 Å².